The third-order valence-corrected chi connectivity index (χ3v) is 3.92. The molecule has 0 saturated heterocycles. The number of nitrogens with zero attached hydrogens (tertiary/aromatic N) is 1. The molecule has 1 aromatic carbocycles. The molecule has 2 amide bonds. The molecule has 6 heteroatoms. The molecule has 128 valence electrons. The highest BCUT2D eigenvalue weighted by molar-refractivity contribution is 5.98. The van der Waals surface area contributed by atoms with Crippen LogP contribution in [0.1, 0.15) is 29.8 Å². The Bertz CT molecular complexity index is 683. The van der Waals surface area contributed by atoms with Gasteiger partial charge in [0.15, 0.2) is 0 Å². The number of furan rings is 1. The van der Waals surface area contributed by atoms with Crippen LogP contribution in [0.3, 0.4) is 0 Å². The minimum atomic E-state index is -0.312. The SMILES string of the molecule is CCN(Cc1ccoc1)[C@@H](C)C(=O)Nc1cccc(C(=O)NC)c1. The summed E-state index contributed by atoms with van der Waals surface area (Å²) in [5.74, 6) is -0.302. The lowest BCUT2D eigenvalue weighted by Gasteiger charge is -2.26. The monoisotopic (exact) mass is 329 g/mol. The lowest BCUT2D eigenvalue weighted by molar-refractivity contribution is -0.120. The molecular formula is C18H23N3O3. The van der Waals surface area contributed by atoms with E-state index in [0.717, 1.165) is 12.1 Å². The maximum atomic E-state index is 12.5. The maximum Gasteiger partial charge on any atom is 0.251 e. The molecule has 0 aliphatic rings. The highest BCUT2D eigenvalue weighted by Gasteiger charge is 2.21. The van der Waals surface area contributed by atoms with Gasteiger partial charge in [0.1, 0.15) is 0 Å². The van der Waals surface area contributed by atoms with Gasteiger partial charge in [-0.3, -0.25) is 14.5 Å². The Morgan fingerprint density at radius 3 is 2.71 bits per heavy atom. The standard InChI is InChI=1S/C18H23N3O3/c1-4-21(11-14-8-9-24-12-14)13(2)17(22)20-16-7-5-6-15(10-16)18(23)19-3/h5-10,12-13H,4,11H2,1-3H3,(H,19,23)(H,20,22)/t13-/m0/s1. The van der Waals surface area contributed by atoms with Crippen LogP contribution in [0.5, 0.6) is 0 Å². The van der Waals surface area contributed by atoms with Gasteiger partial charge < -0.3 is 15.1 Å². The van der Waals surface area contributed by atoms with Crippen LogP contribution in [0.4, 0.5) is 5.69 Å². The van der Waals surface area contributed by atoms with Gasteiger partial charge in [-0.05, 0) is 37.7 Å². The second-order valence-electron chi connectivity index (χ2n) is 5.52. The number of hydrogen-bond acceptors (Lipinski definition) is 4. The molecule has 2 rings (SSSR count). The molecule has 0 bridgehead atoms. The molecule has 2 aromatic rings. The van der Waals surface area contributed by atoms with Crippen LogP contribution in [-0.4, -0.2) is 36.3 Å². The molecule has 24 heavy (non-hydrogen) atoms. The number of rotatable bonds is 7. The van der Waals surface area contributed by atoms with Crippen molar-refractivity contribution >= 4 is 17.5 Å². The van der Waals surface area contributed by atoms with Crippen LogP contribution >= 0.6 is 0 Å². The number of carbonyl (C=O) groups excluding carboxylic acids is 2. The second-order valence-corrected chi connectivity index (χ2v) is 5.52. The first-order valence-electron chi connectivity index (χ1n) is 7.93. The van der Waals surface area contributed by atoms with E-state index in [9.17, 15) is 9.59 Å². The van der Waals surface area contributed by atoms with Crippen LogP contribution in [0.15, 0.2) is 47.3 Å². The summed E-state index contributed by atoms with van der Waals surface area (Å²) in [4.78, 5) is 26.2. The molecule has 6 nitrogen and oxygen atoms in total. The summed E-state index contributed by atoms with van der Waals surface area (Å²) in [7, 11) is 1.57. The average molecular weight is 329 g/mol. The number of amides is 2. The molecule has 2 N–H and O–H groups in total. The van der Waals surface area contributed by atoms with Gasteiger partial charge in [-0.2, -0.15) is 0 Å². The molecule has 1 heterocycles. The maximum absolute atomic E-state index is 12.5. The first-order chi connectivity index (χ1) is 11.5. The third kappa shape index (κ3) is 4.45. The predicted octanol–water partition coefficient (Wildman–Crippen LogP) is 2.49. The van der Waals surface area contributed by atoms with Gasteiger partial charge in [-0.15, -0.1) is 0 Å². The first-order valence-corrected chi connectivity index (χ1v) is 7.93. The molecule has 0 radical (unpaired) electrons. The van der Waals surface area contributed by atoms with Crippen molar-refractivity contribution in [1.29, 1.82) is 0 Å². The fraction of sp³-hybridized carbons (Fsp3) is 0.333. The molecule has 1 aromatic heterocycles. The Morgan fingerprint density at radius 2 is 2.08 bits per heavy atom. The first kappa shape index (κ1) is 17.7. The van der Waals surface area contributed by atoms with E-state index in [1.54, 1.807) is 43.8 Å². The second kappa shape index (κ2) is 8.31. The number of likely N-dealkylation sites (N-methyl/N-ethyl adjacent to an activating group) is 1. The normalized spacial score (nSPS) is 12.0. The smallest absolute Gasteiger partial charge is 0.251 e. The summed E-state index contributed by atoms with van der Waals surface area (Å²) in [5.41, 5.74) is 2.14. The van der Waals surface area contributed by atoms with Gasteiger partial charge in [-0.1, -0.05) is 13.0 Å². The van der Waals surface area contributed by atoms with Crippen molar-refractivity contribution in [2.24, 2.45) is 0 Å². The van der Waals surface area contributed by atoms with Crippen molar-refractivity contribution in [2.45, 2.75) is 26.4 Å². The van der Waals surface area contributed by atoms with E-state index in [4.69, 9.17) is 4.42 Å². The van der Waals surface area contributed by atoms with E-state index in [1.807, 2.05) is 24.8 Å². The number of hydrogen-bond donors (Lipinski definition) is 2. The van der Waals surface area contributed by atoms with E-state index >= 15 is 0 Å². The van der Waals surface area contributed by atoms with E-state index in [-0.39, 0.29) is 17.9 Å². The molecule has 0 unspecified atom stereocenters. The topological polar surface area (TPSA) is 74.6 Å². The van der Waals surface area contributed by atoms with Gasteiger partial charge in [0.05, 0.1) is 18.6 Å². The van der Waals surface area contributed by atoms with Crippen molar-refractivity contribution in [2.75, 3.05) is 18.9 Å². The summed E-state index contributed by atoms with van der Waals surface area (Å²) in [6, 6.07) is 8.45. The van der Waals surface area contributed by atoms with Crippen molar-refractivity contribution in [1.82, 2.24) is 10.2 Å². The van der Waals surface area contributed by atoms with Gasteiger partial charge in [-0.25, -0.2) is 0 Å². The summed E-state index contributed by atoms with van der Waals surface area (Å²) in [6.45, 7) is 5.25. The molecule has 0 saturated carbocycles. The van der Waals surface area contributed by atoms with Crippen LogP contribution in [0.2, 0.25) is 0 Å². The van der Waals surface area contributed by atoms with Crippen molar-refractivity contribution < 1.29 is 14.0 Å². The molecule has 0 aliphatic heterocycles. The van der Waals surface area contributed by atoms with E-state index in [2.05, 4.69) is 10.6 Å². The molecular weight excluding hydrogens is 306 g/mol. The van der Waals surface area contributed by atoms with E-state index < -0.39 is 0 Å². The Balaban J connectivity index is 2.03. The minimum Gasteiger partial charge on any atom is -0.472 e. The van der Waals surface area contributed by atoms with Gasteiger partial charge in [0, 0.05) is 30.4 Å². The minimum absolute atomic E-state index is 0.116. The van der Waals surface area contributed by atoms with E-state index in [0.29, 0.717) is 17.8 Å². The number of nitrogens with one attached hydrogen (secondary N) is 2. The van der Waals surface area contributed by atoms with E-state index in [1.165, 1.54) is 0 Å². The zero-order valence-electron chi connectivity index (χ0n) is 14.2. The highest BCUT2D eigenvalue weighted by Crippen LogP contribution is 2.14. The zero-order valence-corrected chi connectivity index (χ0v) is 14.2. The summed E-state index contributed by atoms with van der Waals surface area (Å²) < 4.78 is 5.08. The zero-order chi connectivity index (χ0) is 17.5. The fourth-order valence-corrected chi connectivity index (χ4v) is 2.43. The van der Waals surface area contributed by atoms with Gasteiger partial charge in [0.2, 0.25) is 5.91 Å². The largest absolute Gasteiger partial charge is 0.472 e. The fourth-order valence-electron chi connectivity index (χ4n) is 2.43. The van der Waals surface area contributed by atoms with Crippen LogP contribution < -0.4 is 10.6 Å². The Labute approximate surface area is 141 Å². The lowest BCUT2D eigenvalue weighted by atomic mass is 10.1. The van der Waals surface area contributed by atoms with Crippen molar-refractivity contribution in [3.05, 3.63) is 54.0 Å². The molecule has 0 spiro atoms. The highest BCUT2D eigenvalue weighted by atomic mass is 16.3. The molecule has 0 fully saturated rings. The van der Waals surface area contributed by atoms with Gasteiger partial charge in [0.25, 0.3) is 5.91 Å². The Kier molecular flexibility index (Phi) is 6.14. The lowest BCUT2D eigenvalue weighted by Crippen LogP contribution is -2.41. The predicted molar refractivity (Wildman–Crippen MR) is 92.7 cm³/mol. The number of anilines is 1. The van der Waals surface area contributed by atoms with Gasteiger partial charge >= 0.3 is 0 Å². The Morgan fingerprint density at radius 1 is 1.29 bits per heavy atom. The van der Waals surface area contributed by atoms with Crippen molar-refractivity contribution in [3.8, 4) is 0 Å². The number of carbonyl (C=O) groups is 2. The quantitative estimate of drug-likeness (QED) is 0.818. The summed E-state index contributed by atoms with van der Waals surface area (Å²) in [5, 5.41) is 5.44. The third-order valence-electron chi connectivity index (χ3n) is 3.92. The van der Waals surface area contributed by atoms with Crippen molar-refractivity contribution in [3.63, 3.8) is 0 Å². The number of benzene rings is 1. The summed E-state index contributed by atoms with van der Waals surface area (Å²) in [6.07, 6.45) is 3.30. The van der Waals surface area contributed by atoms with Crippen LogP contribution in [0.25, 0.3) is 0 Å². The van der Waals surface area contributed by atoms with Crippen LogP contribution in [0, 0.1) is 0 Å². The Hall–Kier alpha value is -2.60. The molecule has 0 aliphatic carbocycles. The van der Waals surface area contributed by atoms with Crippen LogP contribution in [-0.2, 0) is 11.3 Å². The summed E-state index contributed by atoms with van der Waals surface area (Å²) >= 11 is 0. The average Bonchev–Trinajstić information content (AvgIpc) is 3.11. The molecule has 1 atom stereocenters.